The van der Waals surface area contributed by atoms with Crippen molar-refractivity contribution in [3.8, 4) is 0 Å². The monoisotopic (exact) mass is 465 g/mol. The summed E-state index contributed by atoms with van der Waals surface area (Å²) in [5.74, 6) is -1.55. The minimum absolute atomic E-state index is 0.144. The summed E-state index contributed by atoms with van der Waals surface area (Å²) in [6.07, 6.45) is 2.44. The molecule has 1 unspecified atom stereocenters. The fraction of sp³-hybridized carbons (Fsp3) is 0.385. The van der Waals surface area contributed by atoms with Crippen molar-refractivity contribution in [3.05, 3.63) is 71.8 Å². The fourth-order valence-electron chi connectivity index (χ4n) is 4.18. The number of cyclic esters (lactones) is 1. The van der Waals surface area contributed by atoms with E-state index in [9.17, 15) is 19.1 Å². The standard InChI is InChI=1S/C26H28FN3O4/c1-26(2,33)11-10-17-14-23(34-25(17)32)21(13-16-6-5-7-18(27)12-16)30-24(31)22-15-28-19-8-3-4-9-20(19)29-22/h3-9,12,15,17,21,23,33H,10-11,13-14H2,1-2H3,(H,30,31)/t17-,21+,23?/m1/s1. The number of halogens is 1. The van der Waals surface area contributed by atoms with Crippen LogP contribution >= 0.6 is 0 Å². The van der Waals surface area contributed by atoms with Gasteiger partial charge in [-0.3, -0.25) is 14.6 Å². The first-order valence-corrected chi connectivity index (χ1v) is 11.4. The largest absolute Gasteiger partial charge is 0.460 e. The van der Waals surface area contributed by atoms with Gasteiger partial charge in [-0.2, -0.15) is 0 Å². The van der Waals surface area contributed by atoms with Crippen LogP contribution in [0.2, 0.25) is 0 Å². The van der Waals surface area contributed by atoms with Gasteiger partial charge < -0.3 is 15.2 Å². The second kappa shape index (κ2) is 9.85. The van der Waals surface area contributed by atoms with Gasteiger partial charge in [0.15, 0.2) is 0 Å². The van der Waals surface area contributed by atoms with E-state index in [1.807, 2.05) is 18.2 Å². The number of ether oxygens (including phenoxy) is 1. The Kier molecular flexibility index (Phi) is 6.88. The average Bonchev–Trinajstić information content (AvgIpc) is 3.17. The van der Waals surface area contributed by atoms with E-state index in [2.05, 4.69) is 15.3 Å². The average molecular weight is 466 g/mol. The van der Waals surface area contributed by atoms with Crippen molar-refractivity contribution in [2.24, 2.45) is 5.92 Å². The van der Waals surface area contributed by atoms with Crippen molar-refractivity contribution in [1.29, 1.82) is 0 Å². The van der Waals surface area contributed by atoms with Crippen LogP contribution in [0, 0.1) is 11.7 Å². The molecule has 8 heteroatoms. The molecule has 1 aromatic heterocycles. The molecule has 3 aromatic rings. The lowest BCUT2D eigenvalue weighted by molar-refractivity contribution is -0.145. The number of hydrogen-bond donors (Lipinski definition) is 2. The van der Waals surface area contributed by atoms with E-state index >= 15 is 0 Å². The van der Waals surface area contributed by atoms with Gasteiger partial charge in [0.1, 0.15) is 17.6 Å². The summed E-state index contributed by atoms with van der Waals surface area (Å²) in [6, 6.07) is 12.8. The maximum atomic E-state index is 13.8. The molecule has 0 spiro atoms. The Labute approximate surface area is 197 Å². The number of nitrogens with one attached hydrogen (secondary N) is 1. The van der Waals surface area contributed by atoms with Gasteiger partial charge in [0.2, 0.25) is 0 Å². The number of carbonyl (C=O) groups excluding carboxylic acids is 2. The Balaban J connectivity index is 1.54. The third kappa shape index (κ3) is 5.94. The number of esters is 1. The number of fused-ring (bicyclic) bond motifs is 1. The number of para-hydroxylation sites is 2. The lowest BCUT2D eigenvalue weighted by Gasteiger charge is -2.24. The van der Waals surface area contributed by atoms with Crippen molar-refractivity contribution in [3.63, 3.8) is 0 Å². The zero-order chi connectivity index (χ0) is 24.3. The van der Waals surface area contributed by atoms with Gasteiger partial charge in [0.05, 0.1) is 34.8 Å². The molecule has 0 saturated carbocycles. The molecule has 0 bridgehead atoms. The van der Waals surface area contributed by atoms with Crippen molar-refractivity contribution in [2.45, 2.75) is 57.3 Å². The van der Waals surface area contributed by atoms with Crippen LogP contribution in [0.1, 0.15) is 49.2 Å². The molecule has 1 amide bonds. The van der Waals surface area contributed by atoms with Crippen LogP contribution in [0.25, 0.3) is 11.0 Å². The normalized spacial score (nSPS) is 19.1. The van der Waals surface area contributed by atoms with Crippen molar-refractivity contribution in [2.75, 3.05) is 0 Å². The first kappa shape index (κ1) is 23.8. The second-order valence-electron chi connectivity index (χ2n) is 9.42. The third-order valence-corrected chi connectivity index (χ3v) is 6.01. The highest BCUT2D eigenvalue weighted by Gasteiger charge is 2.40. The zero-order valence-corrected chi connectivity index (χ0v) is 19.2. The van der Waals surface area contributed by atoms with Crippen LogP contribution in [-0.2, 0) is 16.0 Å². The molecule has 7 nitrogen and oxygen atoms in total. The highest BCUT2D eigenvalue weighted by molar-refractivity contribution is 5.94. The number of amides is 1. The maximum Gasteiger partial charge on any atom is 0.309 e. The van der Waals surface area contributed by atoms with Crippen LogP contribution < -0.4 is 5.32 Å². The molecule has 1 fully saturated rings. The summed E-state index contributed by atoms with van der Waals surface area (Å²) in [6.45, 7) is 3.39. The molecule has 2 aromatic carbocycles. The van der Waals surface area contributed by atoms with Gasteiger partial charge in [0, 0.05) is 0 Å². The van der Waals surface area contributed by atoms with Gasteiger partial charge in [-0.25, -0.2) is 9.37 Å². The quantitative estimate of drug-likeness (QED) is 0.493. The van der Waals surface area contributed by atoms with Gasteiger partial charge in [-0.15, -0.1) is 0 Å². The Morgan fingerprint density at radius 2 is 2.00 bits per heavy atom. The molecule has 2 heterocycles. The van der Waals surface area contributed by atoms with Gasteiger partial charge in [0.25, 0.3) is 5.91 Å². The molecule has 0 radical (unpaired) electrons. The predicted molar refractivity (Wildman–Crippen MR) is 124 cm³/mol. The Bertz CT molecular complexity index is 1190. The molecule has 2 N–H and O–H groups in total. The van der Waals surface area contributed by atoms with Crippen LogP contribution in [0.4, 0.5) is 4.39 Å². The van der Waals surface area contributed by atoms with Crippen molar-refractivity contribution < 1.29 is 23.8 Å². The Hall–Kier alpha value is -3.39. The molecule has 4 rings (SSSR count). The van der Waals surface area contributed by atoms with Gasteiger partial charge >= 0.3 is 5.97 Å². The number of aliphatic hydroxyl groups is 1. The Morgan fingerprint density at radius 1 is 1.24 bits per heavy atom. The first-order chi connectivity index (χ1) is 16.2. The summed E-state index contributed by atoms with van der Waals surface area (Å²) in [5.41, 5.74) is 1.20. The number of nitrogens with zero attached hydrogens (tertiary/aromatic N) is 2. The lowest BCUT2D eigenvalue weighted by Crippen LogP contribution is -2.45. The number of aromatic nitrogens is 2. The molecule has 34 heavy (non-hydrogen) atoms. The van der Waals surface area contributed by atoms with Crippen molar-refractivity contribution in [1.82, 2.24) is 15.3 Å². The van der Waals surface area contributed by atoms with Gasteiger partial charge in [-0.05, 0) is 69.4 Å². The van der Waals surface area contributed by atoms with Gasteiger partial charge in [-0.1, -0.05) is 24.3 Å². The smallest absolute Gasteiger partial charge is 0.309 e. The van der Waals surface area contributed by atoms with E-state index < -0.39 is 23.7 Å². The summed E-state index contributed by atoms with van der Waals surface area (Å²) in [5, 5.41) is 13.0. The molecule has 1 aliphatic rings. The molecular formula is C26H28FN3O4. The topological polar surface area (TPSA) is 101 Å². The molecule has 1 aliphatic heterocycles. The summed E-state index contributed by atoms with van der Waals surface area (Å²) >= 11 is 0. The maximum absolute atomic E-state index is 13.8. The van der Waals surface area contributed by atoms with Crippen LogP contribution in [0.15, 0.2) is 54.7 Å². The second-order valence-corrected chi connectivity index (χ2v) is 9.42. The van der Waals surface area contributed by atoms with Crippen LogP contribution in [-0.4, -0.2) is 44.7 Å². The van der Waals surface area contributed by atoms with E-state index in [0.717, 1.165) is 0 Å². The Morgan fingerprint density at radius 3 is 2.74 bits per heavy atom. The highest BCUT2D eigenvalue weighted by atomic mass is 19.1. The number of rotatable bonds is 8. The SMILES string of the molecule is CC(C)(O)CC[C@@H]1CC([C@H](Cc2cccc(F)c2)NC(=O)c2cnc3ccccc3n2)OC1=O. The summed E-state index contributed by atoms with van der Waals surface area (Å²) in [7, 11) is 0. The number of carbonyl (C=O) groups is 2. The predicted octanol–water partition coefficient (Wildman–Crippen LogP) is 3.59. The number of benzene rings is 2. The van der Waals surface area contributed by atoms with E-state index in [4.69, 9.17) is 4.74 Å². The summed E-state index contributed by atoms with van der Waals surface area (Å²) in [4.78, 5) is 34.3. The van der Waals surface area contributed by atoms with E-state index in [1.54, 1.807) is 32.0 Å². The molecule has 178 valence electrons. The molecule has 1 saturated heterocycles. The van der Waals surface area contributed by atoms with Crippen LogP contribution in [0.3, 0.4) is 0 Å². The fourth-order valence-corrected chi connectivity index (χ4v) is 4.18. The first-order valence-electron chi connectivity index (χ1n) is 11.4. The number of hydrogen-bond acceptors (Lipinski definition) is 6. The molecular weight excluding hydrogens is 437 g/mol. The highest BCUT2D eigenvalue weighted by Crippen LogP contribution is 2.30. The van der Waals surface area contributed by atoms with Crippen molar-refractivity contribution >= 4 is 22.9 Å². The van der Waals surface area contributed by atoms with E-state index in [0.29, 0.717) is 35.9 Å². The van der Waals surface area contributed by atoms with E-state index in [1.165, 1.54) is 18.3 Å². The zero-order valence-electron chi connectivity index (χ0n) is 19.2. The minimum Gasteiger partial charge on any atom is -0.460 e. The third-order valence-electron chi connectivity index (χ3n) is 6.01. The molecule has 0 aliphatic carbocycles. The lowest BCUT2D eigenvalue weighted by atomic mass is 9.90. The van der Waals surface area contributed by atoms with Crippen LogP contribution in [0.5, 0.6) is 0 Å². The molecule has 3 atom stereocenters. The minimum atomic E-state index is -0.887. The van der Waals surface area contributed by atoms with E-state index in [-0.39, 0.29) is 29.8 Å². The summed E-state index contributed by atoms with van der Waals surface area (Å²) < 4.78 is 19.4.